The van der Waals surface area contributed by atoms with E-state index in [1.165, 1.54) is 6.20 Å². The van der Waals surface area contributed by atoms with Crippen molar-refractivity contribution in [2.75, 3.05) is 38.0 Å². The maximum atomic E-state index is 12.9. The van der Waals surface area contributed by atoms with Crippen LogP contribution in [0.2, 0.25) is 0 Å². The van der Waals surface area contributed by atoms with E-state index in [1.807, 2.05) is 19.0 Å². The molecule has 152 valence electrons. The molecule has 9 heteroatoms. The topological polar surface area (TPSA) is 104 Å². The second-order valence-electron chi connectivity index (χ2n) is 7.02. The van der Waals surface area contributed by atoms with Crippen molar-refractivity contribution in [2.45, 2.75) is 12.5 Å². The van der Waals surface area contributed by atoms with Crippen LogP contribution in [-0.2, 0) is 15.1 Å². The molecular formula is C20H23N5O4. The molecule has 0 unspecified atom stereocenters. The van der Waals surface area contributed by atoms with Crippen molar-refractivity contribution in [1.82, 2.24) is 15.2 Å². The number of urea groups is 1. The van der Waals surface area contributed by atoms with Gasteiger partial charge in [0.1, 0.15) is 23.7 Å². The molecule has 1 aliphatic heterocycles. The third-order valence-corrected chi connectivity index (χ3v) is 4.73. The van der Waals surface area contributed by atoms with Crippen LogP contribution >= 0.6 is 0 Å². The Morgan fingerprint density at radius 1 is 1.21 bits per heavy atom. The molecule has 0 bridgehead atoms. The lowest BCUT2D eigenvalue weighted by Gasteiger charge is -2.22. The molecule has 29 heavy (non-hydrogen) atoms. The molecule has 0 spiro atoms. The second kappa shape index (κ2) is 7.78. The van der Waals surface area contributed by atoms with Gasteiger partial charge in [0.05, 0.1) is 19.0 Å². The minimum atomic E-state index is -1.25. The van der Waals surface area contributed by atoms with E-state index in [9.17, 15) is 14.4 Å². The minimum Gasteiger partial charge on any atom is -0.497 e. The molecule has 1 aromatic heterocycles. The highest BCUT2D eigenvalue weighted by Gasteiger charge is 2.49. The van der Waals surface area contributed by atoms with Crippen LogP contribution in [0.4, 0.5) is 16.3 Å². The average Bonchev–Trinajstić information content (AvgIpc) is 2.92. The first kappa shape index (κ1) is 20.1. The summed E-state index contributed by atoms with van der Waals surface area (Å²) in [6, 6.07) is 9.67. The zero-order chi connectivity index (χ0) is 21.2. The second-order valence-corrected chi connectivity index (χ2v) is 7.02. The summed E-state index contributed by atoms with van der Waals surface area (Å²) in [5.41, 5.74) is -0.174. The van der Waals surface area contributed by atoms with Crippen LogP contribution in [-0.4, -0.2) is 55.5 Å². The van der Waals surface area contributed by atoms with Crippen molar-refractivity contribution in [2.24, 2.45) is 0 Å². The van der Waals surface area contributed by atoms with Gasteiger partial charge in [-0.2, -0.15) is 0 Å². The van der Waals surface area contributed by atoms with E-state index < -0.39 is 29.9 Å². The van der Waals surface area contributed by atoms with E-state index in [-0.39, 0.29) is 0 Å². The number of imide groups is 1. The van der Waals surface area contributed by atoms with E-state index in [4.69, 9.17) is 4.74 Å². The number of ether oxygens (including phenoxy) is 1. The monoisotopic (exact) mass is 397 g/mol. The predicted octanol–water partition coefficient (Wildman–Crippen LogP) is 1.56. The summed E-state index contributed by atoms with van der Waals surface area (Å²) in [5, 5.41) is 5.32. The Bertz CT molecular complexity index is 927. The van der Waals surface area contributed by atoms with Gasteiger partial charge in [0.15, 0.2) is 0 Å². The number of pyridine rings is 1. The Kier molecular flexibility index (Phi) is 5.40. The summed E-state index contributed by atoms with van der Waals surface area (Å²) in [5.74, 6) is 0.391. The van der Waals surface area contributed by atoms with Gasteiger partial charge in [-0.1, -0.05) is 12.1 Å². The Hall–Kier alpha value is -3.62. The van der Waals surface area contributed by atoms with Crippen molar-refractivity contribution in [3.63, 3.8) is 0 Å². The number of carbonyl (C=O) groups excluding carboxylic acids is 3. The Morgan fingerprint density at radius 2 is 1.90 bits per heavy atom. The molecule has 1 aromatic carbocycles. The number of hydrogen-bond acceptors (Lipinski definition) is 6. The number of nitrogens with zero attached hydrogens (tertiary/aromatic N) is 3. The lowest BCUT2D eigenvalue weighted by atomic mass is 9.92. The molecule has 1 aliphatic rings. The molecule has 0 saturated carbocycles. The molecule has 9 nitrogen and oxygen atoms in total. The molecule has 4 amide bonds. The number of rotatable bonds is 6. The van der Waals surface area contributed by atoms with Gasteiger partial charge in [-0.15, -0.1) is 0 Å². The van der Waals surface area contributed by atoms with Gasteiger partial charge in [-0.3, -0.25) is 14.5 Å². The van der Waals surface area contributed by atoms with Gasteiger partial charge < -0.3 is 20.3 Å². The molecule has 1 atom stereocenters. The first-order valence-corrected chi connectivity index (χ1v) is 8.96. The zero-order valence-electron chi connectivity index (χ0n) is 16.7. The van der Waals surface area contributed by atoms with Gasteiger partial charge in [0, 0.05) is 14.1 Å². The smallest absolute Gasteiger partial charge is 0.325 e. The maximum absolute atomic E-state index is 12.9. The molecule has 3 rings (SSSR count). The number of carbonyl (C=O) groups is 3. The zero-order valence-corrected chi connectivity index (χ0v) is 16.7. The van der Waals surface area contributed by atoms with Gasteiger partial charge in [-0.05, 0) is 36.8 Å². The van der Waals surface area contributed by atoms with E-state index in [2.05, 4.69) is 15.6 Å². The molecule has 2 N–H and O–H groups in total. The van der Waals surface area contributed by atoms with Crippen molar-refractivity contribution in [1.29, 1.82) is 0 Å². The summed E-state index contributed by atoms with van der Waals surface area (Å²) in [7, 11) is 5.26. The van der Waals surface area contributed by atoms with Gasteiger partial charge in [0.25, 0.3) is 5.91 Å². The molecule has 0 aliphatic carbocycles. The van der Waals surface area contributed by atoms with E-state index in [1.54, 1.807) is 50.4 Å². The van der Waals surface area contributed by atoms with Crippen LogP contribution in [0, 0.1) is 0 Å². The molecular weight excluding hydrogens is 374 g/mol. The normalized spacial score (nSPS) is 18.4. The fourth-order valence-electron chi connectivity index (χ4n) is 3.03. The third-order valence-electron chi connectivity index (χ3n) is 4.73. The number of methoxy groups -OCH3 is 1. The highest BCUT2D eigenvalue weighted by Crippen LogP contribution is 2.30. The average molecular weight is 397 g/mol. The summed E-state index contributed by atoms with van der Waals surface area (Å²) in [4.78, 5) is 44.6. The lowest BCUT2D eigenvalue weighted by molar-refractivity contribution is -0.133. The number of anilines is 2. The van der Waals surface area contributed by atoms with Gasteiger partial charge in [-0.25, -0.2) is 9.78 Å². The Balaban J connectivity index is 1.69. The first-order valence-electron chi connectivity index (χ1n) is 8.96. The third kappa shape index (κ3) is 3.98. The molecule has 1 fully saturated rings. The summed E-state index contributed by atoms with van der Waals surface area (Å²) < 4.78 is 5.12. The van der Waals surface area contributed by atoms with E-state index in [0.717, 1.165) is 10.7 Å². The van der Waals surface area contributed by atoms with E-state index in [0.29, 0.717) is 17.0 Å². The number of nitrogens with one attached hydrogen (secondary N) is 2. The quantitative estimate of drug-likeness (QED) is 0.717. The van der Waals surface area contributed by atoms with Crippen molar-refractivity contribution < 1.29 is 19.1 Å². The number of amides is 4. The predicted molar refractivity (Wildman–Crippen MR) is 108 cm³/mol. The molecule has 1 saturated heterocycles. The number of benzene rings is 1. The summed E-state index contributed by atoms with van der Waals surface area (Å²) in [6.07, 6.45) is 1.51. The minimum absolute atomic E-state index is 0.397. The highest BCUT2D eigenvalue weighted by molar-refractivity contribution is 6.10. The van der Waals surface area contributed by atoms with Crippen molar-refractivity contribution >= 4 is 29.4 Å². The summed E-state index contributed by atoms with van der Waals surface area (Å²) in [6.45, 7) is 1.21. The fourth-order valence-corrected chi connectivity index (χ4v) is 3.03. The van der Waals surface area contributed by atoms with Crippen molar-refractivity contribution in [3.8, 4) is 5.75 Å². The molecule has 2 aromatic rings. The molecule has 2 heterocycles. The van der Waals surface area contributed by atoms with Crippen LogP contribution in [0.15, 0.2) is 42.6 Å². The van der Waals surface area contributed by atoms with Crippen LogP contribution in [0.25, 0.3) is 0 Å². The summed E-state index contributed by atoms with van der Waals surface area (Å²) >= 11 is 0. The Morgan fingerprint density at radius 3 is 2.45 bits per heavy atom. The SMILES string of the molecule is COc1ccc([C@@]2(C)NC(=O)N(CC(=O)Nc3ccc(N(C)C)nc3)C2=O)cc1. The van der Waals surface area contributed by atoms with Crippen molar-refractivity contribution in [3.05, 3.63) is 48.2 Å². The molecule has 0 radical (unpaired) electrons. The Labute approximate surface area is 168 Å². The fraction of sp³-hybridized carbons (Fsp3) is 0.300. The number of hydrogen-bond donors (Lipinski definition) is 2. The van der Waals surface area contributed by atoms with Gasteiger partial charge >= 0.3 is 6.03 Å². The standard InChI is InChI=1S/C20H23N5O4/c1-20(13-5-8-15(29-4)9-6-13)18(27)25(19(28)23-20)12-17(26)22-14-7-10-16(21-11-14)24(2)3/h5-11H,12H2,1-4H3,(H,22,26)(H,23,28)/t20-/m1/s1. The largest absolute Gasteiger partial charge is 0.497 e. The highest BCUT2D eigenvalue weighted by atomic mass is 16.5. The van der Waals surface area contributed by atoms with Crippen LogP contribution in [0.3, 0.4) is 0 Å². The lowest BCUT2D eigenvalue weighted by Crippen LogP contribution is -2.42. The van der Waals surface area contributed by atoms with E-state index >= 15 is 0 Å². The number of aromatic nitrogens is 1. The van der Waals surface area contributed by atoms with Crippen LogP contribution < -0.4 is 20.3 Å². The first-order chi connectivity index (χ1) is 13.7. The van der Waals surface area contributed by atoms with Gasteiger partial charge in [0.2, 0.25) is 5.91 Å². The van der Waals surface area contributed by atoms with Crippen LogP contribution in [0.5, 0.6) is 5.75 Å². The maximum Gasteiger partial charge on any atom is 0.325 e. The van der Waals surface area contributed by atoms with Crippen LogP contribution in [0.1, 0.15) is 12.5 Å².